The highest BCUT2D eigenvalue weighted by atomic mass is 35.5. The second-order valence-electron chi connectivity index (χ2n) is 6.22. The fourth-order valence-corrected chi connectivity index (χ4v) is 3.45. The number of esters is 1. The fourth-order valence-electron chi connectivity index (χ4n) is 3.22. The fraction of sp³-hybridized carbons (Fsp3) is 0.0500. The number of nitro groups is 1. The van der Waals surface area contributed by atoms with Crippen LogP contribution in [0.1, 0.15) is 20.7 Å². The third kappa shape index (κ3) is 3.09. The number of imide groups is 1. The van der Waals surface area contributed by atoms with Crippen LogP contribution in [-0.2, 0) is 4.79 Å². The van der Waals surface area contributed by atoms with Crippen molar-refractivity contribution in [1.29, 1.82) is 0 Å². The van der Waals surface area contributed by atoms with E-state index in [0.717, 1.165) is 6.07 Å². The van der Waals surface area contributed by atoms with E-state index in [1.54, 1.807) is 30.3 Å². The maximum absolute atomic E-state index is 12.6. The summed E-state index contributed by atoms with van der Waals surface area (Å²) < 4.78 is 5.34. The zero-order valence-electron chi connectivity index (χ0n) is 14.6. The van der Waals surface area contributed by atoms with Crippen molar-refractivity contribution >= 4 is 45.8 Å². The van der Waals surface area contributed by atoms with Crippen LogP contribution in [0.2, 0.25) is 5.02 Å². The number of benzene rings is 3. The molecule has 0 unspecified atom stereocenters. The molecule has 0 N–H and O–H groups in total. The van der Waals surface area contributed by atoms with Crippen LogP contribution in [0.4, 0.5) is 5.69 Å². The summed E-state index contributed by atoms with van der Waals surface area (Å²) in [6.45, 7) is -0.680. The molecule has 0 atom stereocenters. The molecule has 0 aliphatic carbocycles. The molecule has 0 spiro atoms. The average Bonchev–Trinajstić information content (AvgIpc) is 2.95. The number of nitro benzene ring substituents is 1. The van der Waals surface area contributed by atoms with Gasteiger partial charge in [-0.25, -0.2) is 4.79 Å². The summed E-state index contributed by atoms with van der Waals surface area (Å²) in [6, 6.07) is 13.8. The van der Waals surface area contributed by atoms with Crippen molar-refractivity contribution in [3.63, 3.8) is 0 Å². The maximum atomic E-state index is 12.6. The monoisotopic (exact) mass is 410 g/mol. The number of halogens is 1. The Morgan fingerprint density at radius 2 is 1.72 bits per heavy atom. The summed E-state index contributed by atoms with van der Waals surface area (Å²) >= 11 is 6.14. The quantitative estimate of drug-likeness (QED) is 0.214. The van der Waals surface area contributed by atoms with E-state index in [4.69, 9.17) is 16.3 Å². The summed E-state index contributed by atoms with van der Waals surface area (Å²) in [5.41, 5.74) is -0.929. The number of rotatable bonds is 4. The zero-order valence-corrected chi connectivity index (χ0v) is 15.4. The first-order valence-corrected chi connectivity index (χ1v) is 8.78. The van der Waals surface area contributed by atoms with Gasteiger partial charge < -0.3 is 4.74 Å². The Labute approximate surface area is 168 Å². The van der Waals surface area contributed by atoms with Crippen molar-refractivity contribution in [2.75, 3.05) is 6.54 Å². The lowest BCUT2D eigenvalue weighted by Crippen LogP contribution is -2.36. The topological polar surface area (TPSA) is 107 Å². The number of hydrogen-bond donors (Lipinski definition) is 0. The lowest BCUT2D eigenvalue weighted by molar-refractivity contribution is -0.385. The van der Waals surface area contributed by atoms with Gasteiger partial charge in [-0.15, -0.1) is 0 Å². The molecule has 1 aliphatic rings. The van der Waals surface area contributed by atoms with Crippen LogP contribution >= 0.6 is 11.6 Å². The highest BCUT2D eigenvalue weighted by Crippen LogP contribution is 2.33. The molecule has 2 amide bonds. The molecular formula is C20H11ClN2O6. The minimum absolute atomic E-state index is 0.117. The Morgan fingerprint density at radius 1 is 1.00 bits per heavy atom. The van der Waals surface area contributed by atoms with E-state index >= 15 is 0 Å². The SMILES string of the molecule is O=C(CN1C(=O)c2cccc([N+](=O)[O-])c2C1=O)Oc1ccc(Cl)c2ccccc12. The highest BCUT2D eigenvalue weighted by molar-refractivity contribution is 6.35. The molecular weight excluding hydrogens is 400 g/mol. The first-order valence-electron chi connectivity index (χ1n) is 8.40. The van der Waals surface area contributed by atoms with Crippen LogP contribution in [0, 0.1) is 10.1 Å². The highest BCUT2D eigenvalue weighted by Gasteiger charge is 2.42. The minimum atomic E-state index is -0.907. The van der Waals surface area contributed by atoms with E-state index in [0.29, 0.717) is 20.7 Å². The van der Waals surface area contributed by atoms with Gasteiger partial charge in [-0.05, 0) is 18.2 Å². The van der Waals surface area contributed by atoms with Crippen molar-refractivity contribution in [1.82, 2.24) is 4.90 Å². The smallest absolute Gasteiger partial charge is 0.331 e. The van der Waals surface area contributed by atoms with E-state index in [1.165, 1.54) is 18.2 Å². The third-order valence-electron chi connectivity index (χ3n) is 4.52. The van der Waals surface area contributed by atoms with Crippen LogP contribution in [0.5, 0.6) is 5.75 Å². The molecule has 0 fully saturated rings. The van der Waals surface area contributed by atoms with Gasteiger partial charge in [0.15, 0.2) is 0 Å². The molecule has 29 heavy (non-hydrogen) atoms. The van der Waals surface area contributed by atoms with Crippen LogP contribution < -0.4 is 4.74 Å². The number of ether oxygens (including phenoxy) is 1. The first-order chi connectivity index (χ1) is 13.9. The standard InChI is InChI=1S/C20H11ClN2O6/c21-14-8-9-16(12-5-2-1-4-11(12)14)29-17(24)10-22-19(25)13-6-3-7-15(23(27)28)18(13)20(22)26/h1-9H,10H2. The van der Waals surface area contributed by atoms with Gasteiger partial charge in [-0.3, -0.25) is 24.6 Å². The molecule has 3 aromatic rings. The second-order valence-corrected chi connectivity index (χ2v) is 6.63. The third-order valence-corrected chi connectivity index (χ3v) is 4.85. The van der Waals surface area contributed by atoms with Gasteiger partial charge in [0.1, 0.15) is 17.9 Å². The Balaban J connectivity index is 1.60. The Hall–Kier alpha value is -3.78. The molecule has 144 valence electrons. The molecule has 8 nitrogen and oxygen atoms in total. The lowest BCUT2D eigenvalue weighted by Gasteiger charge is -2.14. The Morgan fingerprint density at radius 3 is 2.45 bits per heavy atom. The van der Waals surface area contributed by atoms with Crippen LogP contribution in [0.3, 0.4) is 0 Å². The largest absolute Gasteiger partial charge is 0.425 e. The van der Waals surface area contributed by atoms with E-state index in [9.17, 15) is 24.5 Å². The van der Waals surface area contributed by atoms with E-state index in [-0.39, 0.29) is 16.9 Å². The minimum Gasteiger partial charge on any atom is -0.425 e. The molecule has 1 heterocycles. The summed E-state index contributed by atoms with van der Waals surface area (Å²) in [5, 5.41) is 12.9. The van der Waals surface area contributed by atoms with E-state index < -0.39 is 34.9 Å². The van der Waals surface area contributed by atoms with Crippen LogP contribution in [0.15, 0.2) is 54.6 Å². The maximum Gasteiger partial charge on any atom is 0.331 e. The second kappa shape index (κ2) is 6.99. The number of carbonyl (C=O) groups is 3. The molecule has 1 aliphatic heterocycles. The van der Waals surface area contributed by atoms with Crippen molar-refractivity contribution in [3.05, 3.63) is 80.9 Å². The lowest BCUT2D eigenvalue weighted by atomic mass is 10.1. The predicted octanol–water partition coefficient (Wildman–Crippen LogP) is 3.60. The van der Waals surface area contributed by atoms with E-state index in [2.05, 4.69) is 0 Å². The zero-order chi connectivity index (χ0) is 20.7. The molecule has 9 heteroatoms. The van der Waals surface area contributed by atoms with Gasteiger partial charge >= 0.3 is 5.97 Å². The van der Waals surface area contributed by atoms with Crippen molar-refractivity contribution < 1.29 is 24.0 Å². The van der Waals surface area contributed by atoms with E-state index in [1.807, 2.05) is 0 Å². The number of carbonyl (C=O) groups excluding carboxylic acids is 3. The average molecular weight is 411 g/mol. The van der Waals surface area contributed by atoms with Crippen molar-refractivity contribution in [3.8, 4) is 5.75 Å². The molecule has 3 aromatic carbocycles. The summed E-state index contributed by atoms with van der Waals surface area (Å²) in [7, 11) is 0. The Bertz CT molecular complexity index is 1220. The van der Waals surface area contributed by atoms with Gasteiger partial charge in [0.2, 0.25) is 0 Å². The van der Waals surface area contributed by atoms with Crippen LogP contribution in [-0.4, -0.2) is 34.2 Å². The van der Waals surface area contributed by atoms with Crippen LogP contribution in [0.25, 0.3) is 10.8 Å². The predicted molar refractivity (Wildman–Crippen MR) is 103 cm³/mol. The van der Waals surface area contributed by atoms with Crippen molar-refractivity contribution in [2.24, 2.45) is 0 Å². The summed E-state index contributed by atoms with van der Waals surface area (Å²) in [5.74, 6) is -2.34. The van der Waals surface area contributed by atoms with Crippen molar-refractivity contribution in [2.45, 2.75) is 0 Å². The molecule has 4 rings (SSSR count). The first kappa shape index (κ1) is 18.6. The van der Waals surface area contributed by atoms with Gasteiger partial charge in [0, 0.05) is 21.9 Å². The van der Waals surface area contributed by atoms with Gasteiger partial charge in [0.05, 0.1) is 10.5 Å². The van der Waals surface area contributed by atoms with Gasteiger partial charge in [-0.2, -0.15) is 0 Å². The Kier molecular flexibility index (Phi) is 4.48. The van der Waals surface area contributed by atoms with Gasteiger partial charge in [0.25, 0.3) is 17.5 Å². The molecule has 0 saturated carbocycles. The summed E-state index contributed by atoms with van der Waals surface area (Å²) in [6.07, 6.45) is 0. The molecule has 0 aromatic heterocycles. The molecule has 0 bridgehead atoms. The number of nitrogens with zero attached hydrogens (tertiary/aromatic N) is 2. The molecule has 0 saturated heterocycles. The van der Waals surface area contributed by atoms with Gasteiger partial charge in [-0.1, -0.05) is 41.9 Å². The molecule has 0 radical (unpaired) electrons. The number of amides is 2. The number of hydrogen-bond acceptors (Lipinski definition) is 6. The number of fused-ring (bicyclic) bond motifs is 2. The normalized spacial score (nSPS) is 12.9. The summed E-state index contributed by atoms with van der Waals surface area (Å²) in [4.78, 5) is 48.5.